The molecule has 0 spiro atoms. The van der Waals surface area contributed by atoms with Crippen LogP contribution in [0.25, 0.3) is 11.1 Å². The van der Waals surface area contributed by atoms with E-state index in [1.807, 2.05) is 62.4 Å². The van der Waals surface area contributed by atoms with Gasteiger partial charge in [0.25, 0.3) is 5.91 Å². The minimum absolute atomic E-state index is 0.0733. The number of amides is 2. The fourth-order valence-electron chi connectivity index (χ4n) is 4.27. The lowest BCUT2D eigenvalue weighted by molar-refractivity contribution is -0.130. The molecule has 3 atom stereocenters. The Hall–Kier alpha value is -3.78. The molecule has 2 amide bonds. The summed E-state index contributed by atoms with van der Waals surface area (Å²) >= 11 is 0. The van der Waals surface area contributed by atoms with Crippen LogP contribution in [0.15, 0.2) is 67.0 Å². The van der Waals surface area contributed by atoms with Gasteiger partial charge in [0.1, 0.15) is 11.7 Å². The number of hydrogen-bond acceptors (Lipinski definition) is 6. The molecule has 8 heteroatoms. The SMILES string of the molecule is C[C@@H]1CN([C@@H](C)CO)C(=O)c2cc(-c3ccccc3)cnc2O[C@@H]1CN(C)C(=O)Cc1ccccn1. The predicted molar refractivity (Wildman–Crippen MR) is 136 cm³/mol. The largest absolute Gasteiger partial charge is 0.472 e. The molecule has 3 heterocycles. The first-order chi connectivity index (χ1) is 17.4. The van der Waals surface area contributed by atoms with Crippen LogP contribution < -0.4 is 4.74 Å². The van der Waals surface area contributed by atoms with Crippen LogP contribution >= 0.6 is 0 Å². The summed E-state index contributed by atoms with van der Waals surface area (Å²) in [7, 11) is 1.74. The molecule has 1 N–H and O–H groups in total. The molecular formula is C28H32N4O4. The van der Waals surface area contributed by atoms with E-state index in [0.717, 1.165) is 11.1 Å². The van der Waals surface area contributed by atoms with Crippen molar-refractivity contribution < 1.29 is 19.4 Å². The Balaban J connectivity index is 1.62. The van der Waals surface area contributed by atoms with E-state index in [9.17, 15) is 14.7 Å². The van der Waals surface area contributed by atoms with Gasteiger partial charge in [0.05, 0.1) is 25.6 Å². The fraction of sp³-hybridized carbons (Fsp3) is 0.357. The van der Waals surface area contributed by atoms with Crippen LogP contribution in [0.5, 0.6) is 5.88 Å². The van der Waals surface area contributed by atoms with Crippen molar-refractivity contribution in [1.82, 2.24) is 19.8 Å². The predicted octanol–water partition coefficient (Wildman–Crippen LogP) is 3.06. The van der Waals surface area contributed by atoms with Gasteiger partial charge in [-0.05, 0) is 30.7 Å². The summed E-state index contributed by atoms with van der Waals surface area (Å²) in [6.07, 6.45) is 3.15. The summed E-state index contributed by atoms with van der Waals surface area (Å²) in [5.74, 6) is -0.189. The van der Waals surface area contributed by atoms with Crippen molar-refractivity contribution in [2.24, 2.45) is 5.92 Å². The van der Waals surface area contributed by atoms with Gasteiger partial charge in [-0.3, -0.25) is 14.6 Å². The number of likely N-dealkylation sites (N-methyl/N-ethyl adjacent to an activating group) is 1. The molecule has 4 rings (SSSR count). The van der Waals surface area contributed by atoms with Gasteiger partial charge in [0.15, 0.2) is 0 Å². The molecule has 188 valence electrons. The van der Waals surface area contributed by atoms with E-state index in [1.165, 1.54) is 0 Å². The van der Waals surface area contributed by atoms with E-state index in [0.29, 0.717) is 24.3 Å². The van der Waals surface area contributed by atoms with Crippen LogP contribution in [0.1, 0.15) is 29.9 Å². The van der Waals surface area contributed by atoms with Crippen molar-refractivity contribution in [3.8, 4) is 17.0 Å². The van der Waals surface area contributed by atoms with Crippen molar-refractivity contribution in [3.05, 3.63) is 78.2 Å². The van der Waals surface area contributed by atoms with Crippen LogP contribution in [0, 0.1) is 5.92 Å². The van der Waals surface area contributed by atoms with Crippen molar-refractivity contribution in [3.63, 3.8) is 0 Å². The van der Waals surface area contributed by atoms with Crippen LogP contribution in [0.2, 0.25) is 0 Å². The molecule has 0 saturated heterocycles. The highest BCUT2D eigenvalue weighted by Gasteiger charge is 2.34. The molecule has 0 radical (unpaired) electrons. The number of carbonyl (C=O) groups is 2. The number of rotatable bonds is 7. The van der Waals surface area contributed by atoms with Crippen LogP contribution in [0.4, 0.5) is 0 Å². The highest BCUT2D eigenvalue weighted by Crippen LogP contribution is 2.30. The molecular weight excluding hydrogens is 456 g/mol. The van der Waals surface area contributed by atoms with Gasteiger partial charge >= 0.3 is 0 Å². The summed E-state index contributed by atoms with van der Waals surface area (Å²) in [6, 6.07) is 16.6. The number of hydrogen-bond donors (Lipinski definition) is 1. The third-order valence-corrected chi connectivity index (χ3v) is 6.57. The molecule has 2 aromatic heterocycles. The minimum Gasteiger partial charge on any atom is -0.472 e. The molecule has 1 aromatic carbocycles. The zero-order chi connectivity index (χ0) is 25.7. The first kappa shape index (κ1) is 25.3. The first-order valence-electron chi connectivity index (χ1n) is 12.1. The molecule has 1 aliphatic rings. The van der Waals surface area contributed by atoms with Crippen molar-refractivity contribution in [2.45, 2.75) is 32.4 Å². The average Bonchev–Trinajstić information content (AvgIpc) is 2.91. The lowest BCUT2D eigenvalue weighted by Crippen LogP contribution is -2.50. The molecule has 8 nitrogen and oxygen atoms in total. The number of aliphatic hydroxyl groups excluding tert-OH is 1. The second kappa shape index (κ2) is 11.3. The van der Waals surface area contributed by atoms with E-state index < -0.39 is 6.10 Å². The molecule has 0 saturated carbocycles. The van der Waals surface area contributed by atoms with Gasteiger partial charge in [-0.2, -0.15) is 0 Å². The Bertz CT molecular complexity index is 1190. The van der Waals surface area contributed by atoms with Crippen molar-refractivity contribution >= 4 is 11.8 Å². The summed E-state index contributed by atoms with van der Waals surface area (Å²) in [5, 5.41) is 9.86. The zero-order valence-corrected chi connectivity index (χ0v) is 20.9. The number of ether oxygens (including phenoxy) is 1. The lowest BCUT2D eigenvalue weighted by Gasteiger charge is -2.37. The molecule has 0 unspecified atom stereocenters. The maximum Gasteiger partial charge on any atom is 0.259 e. The normalized spacial score (nSPS) is 18.4. The van der Waals surface area contributed by atoms with Crippen LogP contribution in [0.3, 0.4) is 0 Å². The van der Waals surface area contributed by atoms with Gasteiger partial charge < -0.3 is 19.6 Å². The molecule has 0 aliphatic carbocycles. The Labute approximate surface area is 211 Å². The van der Waals surface area contributed by atoms with Crippen molar-refractivity contribution in [1.29, 1.82) is 0 Å². The molecule has 36 heavy (non-hydrogen) atoms. The van der Waals surface area contributed by atoms with Gasteiger partial charge in [-0.25, -0.2) is 4.98 Å². The Morgan fingerprint density at radius 3 is 2.61 bits per heavy atom. The average molecular weight is 489 g/mol. The monoisotopic (exact) mass is 488 g/mol. The number of fused-ring (bicyclic) bond motifs is 1. The topological polar surface area (TPSA) is 95.9 Å². The number of aliphatic hydroxyl groups is 1. The van der Waals surface area contributed by atoms with Crippen LogP contribution in [-0.4, -0.2) is 75.6 Å². The molecule has 1 aliphatic heterocycles. The number of nitrogens with zero attached hydrogens (tertiary/aromatic N) is 4. The molecule has 3 aromatic rings. The maximum absolute atomic E-state index is 13.6. The Morgan fingerprint density at radius 1 is 1.17 bits per heavy atom. The molecule has 0 fully saturated rings. The van der Waals surface area contributed by atoms with Gasteiger partial charge in [0, 0.05) is 43.2 Å². The lowest BCUT2D eigenvalue weighted by atomic mass is 9.99. The van der Waals surface area contributed by atoms with Gasteiger partial charge in [0.2, 0.25) is 11.8 Å². The number of aromatic nitrogens is 2. The molecule has 0 bridgehead atoms. The smallest absolute Gasteiger partial charge is 0.259 e. The fourth-order valence-corrected chi connectivity index (χ4v) is 4.27. The van der Waals surface area contributed by atoms with E-state index in [1.54, 1.807) is 35.3 Å². The summed E-state index contributed by atoms with van der Waals surface area (Å²) in [6.45, 7) is 4.34. The highest BCUT2D eigenvalue weighted by molar-refractivity contribution is 5.98. The van der Waals surface area contributed by atoms with E-state index >= 15 is 0 Å². The van der Waals surface area contributed by atoms with Gasteiger partial charge in [-0.1, -0.05) is 43.3 Å². The summed E-state index contributed by atoms with van der Waals surface area (Å²) < 4.78 is 6.31. The van der Waals surface area contributed by atoms with E-state index in [4.69, 9.17) is 4.74 Å². The Kier molecular flexibility index (Phi) is 7.95. The third-order valence-electron chi connectivity index (χ3n) is 6.57. The number of carbonyl (C=O) groups excluding carboxylic acids is 2. The highest BCUT2D eigenvalue weighted by atomic mass is 16.5. The number of pyridine rings is 2. The van der Waals surface area contributed by atoms with Crippen molar-refractivity contribution in [2.75, 3.05) is 26.7 Å². The second-order valence-corrected chi connectivity index (χ2v) is 9.34. The Morgan fingerprint density at radius 2 is 1.92 bits per heavy atom. The summed E-state index contributed by atoms with van der Waals surface area (Å²) in [5.41, 5.74) is 2.79. The first-order valence-corrected chi connectivity index (χ1v) is 12.1. The number of benzene rings is 1. The standard InChI is InChI=1S/C28H32N4O4/c1-19-16-32(20(2)18-33)28(35)24-13-22(21-9-5-4-6-10-21)15-30-27(24)36-25(19)17-31(3)26(34)14-23-11-7-8-12-29-23/h4-13,15,19-20,25,33H,14,16-18H2,1-3H3/t19-,20+,25-/m1/s1. The maximum atomic E-state index is 13.6. The van der Waals surface area contributed by atoms with E-state index in [-0.39, 0.29) is 42.7 Å². The zero-order valence-electron chi connectivity index (χ0n) is 20.9. The third kappa shape index (κ3) is 5.71. The van der Waals surface area contributed by atoms with E-state index in [2.05, 4.69) is 9.97 Å². The van der Waals surface area contributed by atoms with Crippen LogP contribution in [-0.2, 0) is 11.2 Å². The summed E-state index contributed by atoms with van der Waals surface area (Å²) in [4.78, 5) is 38.5. The quantitative estimate of drug-likeness (QED) is 0.549. The second-order valence-electron chi connectivity index (χ2n) is 9.34. The minimum atomic E-state index is -0.405. The van der Waals surface area contributed by atoms with Gasteiger partial charge in [-0.15, -0.1) is 0 Å².